The SMILES string of the molecule is Cc1ccnc(Cl)c1NS(=O)(=O)c1cc(F)ccc1F. The Kier molecular flexibility index (Phi) is 3.92. The summed E-state index contributed by atoms with van der Waals surface area (Å²) in [6, 6.07) is 3.70. The summed E-state index contributed by atoms with van der Waals surface area (Å²) >= 11 is 5.79. The first-order valence-corrected chi connectivity index (χ1v) is 7.26. The summed E-state index contributed by atoms with van der Waals surface area (Å²) in [5.74, 6) is -1.92. The quantitative estimate of drug-likeness (QED) is 0.885. The van der Waals surface area contributed by atoms with Crippen molar-refractivity contribution < 1.29 is 17.2 Å². The van der Waals surface area contributed by atoms with Crippen LogP contribution < -0.4 is 4.72 Å². The van der Waals surface area contributed by atoms with Crippen LogP contribution in [0.25, 0.3) is 0 Å². The van der Waals surface area contributed by atoms with Gasteiger partial charge in [-0.25, -0.2) is 22.2 Å². The molecule has 0 spiro atoms. The van der Waals surface area contributed by atoms with Gasteiger partial charge in [0.05, 0.1) is 5.69 Å². The van der Waals surface area contributed by atoms with E-state index in [1.807, 2.05) is 0 Å². The Labute approximate surface area is 119 Å². The van der Waals surface area contributed by atoms with Gasteiger partial charge in [-0.1, -0.05) is 11.6 Å². The molecule has 0 atom stereocenters. The lowest BCUT2D eigenvalue weighted by molar-refractivity contribution is 0.555. The van der Waals surface area contributed by atoms with Crippen LogP contribution in [-0.2, 0) is 10.0 Å². The molecule has 2 aromatic rings. The first-order chi connectivity index (χ1) is 9.31. The number of pyridine rings is 1. The molecule has 1 aromatic carbocycles. The molecule has 0 bridgehead atoms. The van der Waals surface area contributed by atoms with Gasteiger partial charge in [-0.3, -0.25) is 4.72 Å². The topological polar surface area (TPSA) is 59.1 Å². The van der Waals surface area contributed by atoms with Crippen molar-refractivity contribution >= 4 is 27.3 Å². The number of rotatable bonds is 3. The maximum Gasteiger partial charge on any atom is 0.265 e. The lowest BCUT2D eigenvalue weighted by Crippen LogP contribution is -2.16. The van der Waals surface area contributed by atoms with E-state index >= 15 is 0 Å². The number of aromatic nitrogens is 1. The fourth-order valence-electron chi connectivity index (χ4n) is 1.52. The molecule has 106 valence electrons. The van der Waals surface area contributed by atoms with Gasteiger partial charge in [-0.05, 0) is 36.8 Å². The van der Waals surface area contributed by atoms with Crippen LogP contribution >= 0.6 is 11.6 Å². The van der Waals surface area contributed by atoms with Gasteiger partial charge < -0.3 is 0 Å². The van der Waals surface area contributed by atoms with Crippen LogP contribution in [0.2, 0.25) is 5.15 Å². The average Bonchev–Trinajstić information content (AvgIpc) is 2.37. The van der Waals surface area contributed by atoms with Crippen molar-refractivity contribution in [3.05, 3.63) is 52.8 Å². The minimum Gasteiger partial charge on any atom is -0.276 e. The van der Waals surface area contributed by atoms with Crippen molar-refractivity contribution in [2.45, 2.75) is 11.8 Å². The number of nitrogens with zero attached hydrogens (tertiary/aromatic N) is 1. The highest BCUT2D eigenvalue weighted by atomic mass is 35.5. The van der Waals surface area contributed by atoms with E-state index in [0.29, 0.717) is 11.6 Å². The highest BCUT2D eigenvalue weighted by molar-refractivity contribution is 7.92. The standard InChI is InChI=1S/C12H9ClF2N2O2S/c1-7-4-5-16-12(13)11(7)17-20(18,19)10-6-8(14)2-3-9(10)15/h2-6,17H,1H3. The van der Waals surface area contributed by atoms with Crippen LogP contribution in [0.5, 0.6) is 0 Å². The van der Waals surface area contributed by atoms with Gasteiger partial charge in [-0.2, -0.15) is 0 Å². The first kappa shape index (κ1) is 14.7. The predicted molar refractivity (Wildman–Crippen MR) is 71.2 cm³/mol. The van der Waals surface area contributed by atoms with E-state index in [2.05, 4.69) is 9.71 Å². The lowest BCUT2D eigenvalue weighted by atomic mass is 10.3. The molecule has 0 saturated heterocycles. The Morgan fingerprint density at radius 2 is 1.95 bits per heavy atom. The molecule has 8 heteroatoms. The highest BCUT2D eigenvalue weighted by Gasteiger charge is 2.22. The van der Waals surface area contributed by atoms with E-state index in [0.717, 1.165) is 12.1 Å². The minimum atomic E-state index is -4.30. The van der Waals surface area contributed by atoms with E-state index < -0.39 is 26.6 Å². The third-order valence-electron chi connectivity index (χ3n) is 2.53. The monoisotopic (exact) mass is 318 g/mol. The van der Waals surface area contributed by atoms with E-state index in [1.165, 1.54) is 12.3 Å². The molecule has 0 unspecified atom stereocenters. The largest absolute Gasteiger partial charge is 0.276 e. The van der Waals surface area contributed by atoms with Crippen molar-refractivity contribution in [1.29, 1.82) is 0 Å². The molecular formula is C12H9ClF2N2O2S. The molecule has 20 heavy (non-hydrogen) atoms. The summed E-state index contributed by atoms with van der Waals surface area (Å²) in [5, 5.41) is -0.0783. The predicted octanol–water partition coefficient (Wildman–Crippen LogP) is 3.12. The Morgan fingerprint density at radius 3 is 2.60 bits per heavy atom. The third-order valence-corrected chi connectivity index (χ3v) is 4.18. The summed E-state index contributed by atoms with van der Waals surface area (Å²) in [6.07, 6.45) is 1.40. The maximum absolute atomic E-state index is 13.5. The molecule has 0 saturated carbocycles. The molecule has 0 radical (unpaired) electrons. The van der Waals surface area contributed by atoms with Gasteiger partial charge in [0.25, 0.3) is 10.0 Å². The van der Waals surface area contributed by atoms with E-state index in [1.54, 1.807) is 6.92 Å². The lowest BCUT2D eigenvalue weighted by Gasteiger charge is -2.12. The second kappa shape index (κ2) is 5.34. The van der Waals surface area contributed by atoms with Crippen molar-refractivity contribution in [1.82, 2.24) is 4.98 Å². The van der Waals surface area contributed by atoms with E-state index in [4.69, 9.17) is 11.6 Å². The normalized spacial score (nSPS) is 11.4. The Balaban J connectivity index is 2.49. The summed E-state index contributed by atoms with van der Waals surface area (Å²) in [6.45, 7) is 1.60. The number of halogens is 3. The Hall–Kier alpha value is -1.73. The molecule has 2 rings (SSSR count). The third kappa shape index (κ3) is 2.88. The molecule has 0 aliphatic heterocycles. The van der Waals surface area contributed by atoms with Crippen LogP contribution in [-0.4, -0.2) is 13.4 Å². The number of sulfonamides is 1. The van der Waals surface area contributed by atoms with E-state index in [-0.39, 0.29) is 10.8 Å². The second-order valence-electron chi connectivity index (χ2n) is 3.97. The van der Waals surface area contributed by atoms with Crippen LogP contribution in [0.4, 0.5) is 14.5 Å². The zero-order valence-electron chi connectivity index (χ0n) is 10.2. The van der Waals surface area contributed by atoms with Crippen LogP contribution in [0.15, 0.2) is 35.4 Å². The van der Waals surface area contributed by atoms with Gasteiger partial charge in [0.15, 0.2) is 5.15 Å². The molecule has 0 fully saturated rings. The minimum absolute atomic E-state index is 0.0258. The van der Waals surface area contributed by atoms with Crippen LogP contribution in [0.1, 0.15) is 5.56 Å². The number of aryl methyl sites for hydroxylation is 1. The van der Waals surface area contributed by atoms with Crippen molar-refractivity contribution in [3.8, 4) is 0 Å². The van der Waals surface area contributed by atoms with Gasteiger partial charge in [0.2, 0.25) is 0 Å². The molecule has 1 heterocycles. The highest BCUT2D eigenvalue weighted by Crippen LogP contribution is 2.26. The Morgan fingerprint density at radius 1 is 1.25 bits per heavy atom. The Bertz CT molecular complexity index is 746. The van der Waals surface area contributed by atoms with Gasteiger partial charge in [0.1, 0.15) is 16.5 Å². The maximum atomic E-state index is 13.5. The first-order valence-electron chi connectivity index (χ1n) is 5.40. The number of anilines is 1. The zero-order chi connectivity index (χ0) is 14.9. The van der Waals surface area contributed by atoms with Crippen molar-refractivity contribution in [3.63, 3.8) is 0 Å². The average molecular weight is 319 g/mol. The summed E-state index contributed by atoms with van der Waals surface area (Å²) in [7, 11) is -4.30. The summed E-state index contributed by atoms with van der Waals surface area (Å²) in [4.78, 5) is 2.93. The fourth-order valence-corrected chi connectivity index (χ4v) is 3.06. The number of benzene rings is 1. The zero-order valence-corrected chi connectivity index (χ0v) is 11.8. The second-order valence-corrected chi connectivity index (χ2v) is 5.98. The molecule has 0 aliphatic rings. The number of nitrogens with one attached hydrogen (secondary N) is 1. The summed E-state index contributed by atoms with van der Waals surface area (Å²) < 4.78 is 52.9. The van der Waals surface area contributed by atoms with Gasteiger partial charge in [0, 0.05) is 6.20 Å². The van der Waals surface area contributed by atoms with Crippen LogP contribution in [0, 0.1) is 18.6 Å². The van der Waals surface area contributed by atoms with Gasteiger partial charge in [-0.15, -0.1) is 0 Å². The molecule has 4 nitrogen and oxygen atoms in total. The number of hydrogen-bond acceptors (Lipinski definition) is 3. The molecule has 0 aliphatic carbocycles. The molecule has 1 N–H and O–H groups in total. The number of hydrogen-bond donors (Lipinski definition) is 1. The van der Waals surface area contributed by atoms with Gasteiger partial charge >= 0.3 is 0 Å². The summed E-state index contributed by atoms with van der Waals surface area (Å²) in [5.41, 5.74) is 0.531. The molecule has 0 amide bonds. The molecule has 1 aromatic heterocycles. The smallest absolute Gasteiger partial charge is 0.265 e. The van der Waals surface area contributed by atoms with Crippen LogP contribution in [0.3, 0.4) is 0 Å². The van der Waals surface area contributed by atoms with Crippen molar-refractivity contribution in [2.75, 3.05) is 4.72 Å². The van der Waals surface area contributed by atoms with E-state index in [9.17, 15) is 17.2 Å². The molecular weight excluding hydrogens is 310 g/mol. The fraction of sp³-hybridized carbons (Fsp3) is 0.0833. The van der Waals surface area contributed by atoms with Crippen molar-refractivity contribution in [2.24, 2.45) is 0 Å².